The highest BCUT2D eigenvalue weighted by atomic mass is 35.5. The molecule has 2 saturated heterocycles. The van der Waals surface area contributed by atoms with Crippen LogP contribution in [-0.4, -0.2) is 69.0 Å². The first kappa shape index (κ1) is 21.0. The molecular formula is C18H25ClN4O4S. The molecular weight excluding hydrogens is 404 g/mol. The number of carbonyl (C=O) groups excluding carboxylic acids is 1. The third-order valence-corrected chi connectivity index (χ3v) is 6.95. The lowest BCUT2D eigenvalue weighted by Gasteiger charge is -2.32. The van der Waals surface area contributed by atoms with Crippen LogP contribution in [0.25, 0.3) is 0 Å². The summed E-state index contributed by atoms with van der Waals surface area (Å²) in [5, 5.41) is 15.9. The number of aliphatic hydroxyl groups is 1. The van der Waals surface area contributed by atoms with E-state index in [0.717, 1.165) is 0 Å². The molecule has 3 heterocycles. The first-order valence-electron chi connectivity index (χ1n) is 9.31. The van der Waals surface area contributed by atoms with E-state index in [2.05, 4.69) is 15.0 Å². The Morgan fingerprint density at radius 1 is 1.25 bits per heavy atom. The molecule has 10 heteroatoms. The number of β-amino-alcohol motifs (C(OH)–C–C–N with tert-alkyl or cyclic N) is 1. The van der Waals surface area contributed by atoms with Gasteiger partial charge < -0.3 is 20.6 Å². The van der Waals surface area contributed by atoms with E-state index in [1.54, 1.807) is 18.2 Å². The van der Waals surface area contributed by atoms with Gasteiger partial charge in [0, 0.05) is 50.1 Å². The molecule has 1 amide bonds. The van der Waals surface area contributed by atoms with Gasteiger partial charge in [0.05, 0.1) is 6.10 Å². The van der Waals surface area contributed by atoms with E-state index in [1.807, 2.05) is 11.0 Å². The molecule has 0 aromatic heterocycles. The fraction of sp³-hybridized carbons (Fsp3) is 0.556. The normalized spacial score (nSPS) is 26.3. The molecule has 0 spiro atoms. The average molecular weight is 429 g/mol. The highest BCUT2D eigenvalue weighted by Crippen LogP contribution is 2.29. The van der Waals surface area contributed by atoms with Crippen LogP contribution in [0.4, 0.5) is 0 Å². The van der Waals surface area contributed by atoms with Crippen LogP contribution < -0.4 is 10.6 Å². The van der Waals surface area contributed by atoms with E-state index in [1.165, 1.54) is 0 Å². The number of aliphatic hydroxyl groups excluding tert-OH is 1. The van der Waals surface area contributed by atoms with Crippen LogP contribution >= 0.6 is 12.4 Å². The second-order valence-electron chi connectivity index (χ2n) is 7.38. The Bertz CT molecular complexity index is 868. The summed E-state index contributed by atoms with van der Waals surface area (Å²) in [5.74, 6) is 0.463. The van der Waals surface area contributed by atoms with Gasteiger partial charge in [0.25, 0.3) is 10.0 Å². The zero-order valence-electron chi connectivity index (χ0n) is 15.4. The van der Waals surface area contributed by atoms with Gasteiger partial charge >= 0.3 is 0 Å². The maximum Gasteiger partial charge on any atom is 0.285 e. The number of piperidine rings is 1. The van der Waals surface area contributed by atoms with Crippen molar-refractivity contribution in [1.29, 1.82) is 0 Å². The number of likely N-dealkylation sites (tertiary alicyclic amines) is 1. The SMILES string of the molecule is Cl.O=C(NCC1CNCC1O)C1CCN(C2=NS(=O)(=O)c3ccccc32)CC1. The largest absolute Gasteiger partial charge is 0.391 e. The molecule has 3 N–H and O–H groups in total. The maximum absolute atomic E-state index is 12.4. The summed E-state index contributed by atoms with van der Waals surface area (Å²) < 4.78 is 28.4. The molecule has 4 rings (SSSR count). The summed E-state index contributed by atoms with van der Waals surface area (Å²) in [7, 11) is -3.62. The predicted octanol–water partition coefficient (Wildman–Crippen LogP) is -0.0342. The molecule has 2 atom stereocenters. The number of rotatable bonds is 3. The monoisotopic (exact) mass is 428 g/mol. The summed E-state index contributed by atoms with van der Waals surface area (Å²) in [6, 6.07) is 6.86. The second kappa shape index (κ2) is 8.36. The Hall–Kier alpha value is -1.68. The fourth-order valence-corrected chi connectivity index (χ4v) is 5.20. The van der Waals surface area contributed by atoms with Gasteiger partial charge in [-0.1, -0.05) is 12.1 Å². The van der Waals surface area contributed by atoms with E-state index in [4.69, 9.17) is 0 Å². The van der Waals surface area contributed by atoms with Gasteiger partial charge in [0.15, 0.2) is 5.84 Å². The second-order valence-corrected chi connectivity index (χ2v) is 8.95. The highest BCUT2D eigenvalue weighted by molar-refractivity contribution is 7.90. The molecule has 154 valence electrons. The van der Waals surface area contributed by atoms with E-state index >= 15 is 0 Å². The van der Waals surface area contributed by atoms with E-state index < -0.39 is 16.1 Å². The van der Waals surface area contributed by atoms with Crippen molar-refractivity contribution in [3.05, 3.63) is 29.8 Å². The number of benzene rings is 1. The Kier molecular flexibility index (Phi) is 6.28. The smallest absolute Gasteiger partial charge is 0.285 e. The zero-order chi connectivity index (χ0) is 19.0. The number of carbonyl (C=O) groups is 1. The van der Waals surface area contributed by atoms with E-state index in [0.29, 0.717) is 57.0 Å². The topological polar surface area (TPSA) is 111 Å². The molecule has 0 bridgehead atoms. The van der Waals surface area contributed by atoms with Crippen molar-refractivity contribution >= 4 is 34.2 Å². The summed E-state index contributed by atoms with van der Waals surface area (Å²) in [6.45, 7) is 2.95. The van der Waals surface area contributed by atoms with Gasteiger partial charge in [-0.3, -0.25) is 4.79 Å². The lowest BCUT2D eigenvalue weighted by atomic mass is 9.95. The maximum atomic E-state index is 12.4. The first-order chi connectivity index (χ1) is 13.0. The van der Waals surface area contributed by atoms with Crippen LogP contribution in [0.15, 0.2) is 33.6 Å². The van der Waals surface area contributed by atoms with Crippen LogP contribution in [0.3, 0.4) is 0 Å². The van der Waals surface area contributed by atoms with Crippen molar-refractivity contribution in [3.8, 4) is 0 Å². The Morgan fingerprint density at radius 2 is 1.96 bits per heavy atom. The summed E-state index contributed by atoms with van der Waals surface area (Å²) in [4.78, 5) is 14.6. The van der Waals surface area contributed by atoms with Gasteiger partial charge in [-0.15, -0.1) is 16.8 Å². The molecule has 0 aliphatic carbocycles. The molecule has 2 fully saturated rings. The van der Waals surface area contributed by atoms with Crippen molar-refractivity contribution in [1.82, 2.24) is 15.5 Å². The lowest BCUT2D eigenvalue weighted by Crippen LogP contribution is -2.44. The highest BCUT2D eigenvalue weighted by Gasteiger charge is 2.34. The quantitative estimate of drug-likeness (QED) is 0.623. The number of nitrogens with one attached hydrogen (secondary N) is 2. The number of fused-ring (bicyclic) bond motifs is 1. The number of amidine groups is 1. The Balaban J connectivity index is 0.00000225. The molecule has 0 radical (unpaired) electrons. The summed E-state index contributed by atoms with van der Waals surface area (Å²) in [6.07, 6.45) is 0.895. The zero-order valence-corrected chi connectivity index (χ0v) is 17.0. The molecule has 28 heavy (non-hydrogen) atoms. The number of hydrogen-bond acceptors (Lipinski definition) is 6. The van der Waals surface area contributed by atoms with Gasteiger partial charge in [-0.2, -0.15) is 8.42 Å². The standard InChI is InChI=1S/C18H24N4O4S.ClH/c23-15-11-19-9-13(15)10-20-18(24)12-5-7-22(8-6-12)17-14-3-1-2-4-16(14)27(25,26)21-17;/h1-4,12-13,15,19,23H,5-11H2,(H,20,24);1H. The number of hydrogen-bond donors (Lipinski definition) is 3. The number of sulfonamides is 1. The van der Waals surface area contributed by atoms with Crippen LogP contribution in [0.5, 0.6) is 0 Å². The molecule has 3 aliphatic heterocycles. The molecule has 0 saturated carbocycles. The van der Waals surface area contributed by atoms with Gasteiger partial charge in [0.2, 0.25) is 5.91 Å². The minimum atomic E-state index is -3.62. The van der Waals surface area contributed by atoms with Gasteiger partial charge in [0.1, 0.15) is 4.90 Å². The summed E-state index contributed by atoms with van der Waals surface area (Å²) in [5.41, 5.74) is 0.642. The Morgan fingerprint density at radius 3 is 2.64 bits per heavy atom. The van der Waals surface area contributed by atoms with Crippen LogP contribution in [-0.2, 0) is 14.8 Å². The van der Waals surface area contributed by atoms with Crippen molar-refractivity contribution in [2.45, 2.75) is 23.8 Å². The van der Waals surface area contributed by atoms with Gasteiger partial charge in [-0.25, -0.2) is 0 Å². The first-order valence-corrected chi connectivity index (χ1v) is 10.8. The number of nitrogens with zero attached hydrogens (tertiary/aromatic N) is 2. The number of halogens is 1. The molecule has 8 nitrogen and oxygen atoms in total. The van der Waals surface area contributed by atoms with Gasteiger partial charge in [-0.05, 0) is 25.0 Å². The van der Waals surface area contributed by atoms with Crippen LogP contribution in [0.2, 0.25) is 0 Å². The van der Waals surface area contributed by atoms with E-state index in [-0.39, 0.29) is 35.0 Å². The predicted molar refractivity (Wildman–Crippen MR) is 107 cm³/mol. The third-order valence-electron chi connectivity index (χ3n) is 5.62. The van der Waals surface area contributed by atoms with Crippen molar-refractivity contribution in [3.63, 3.8) is 0 Å². The molecule has 3 aliphatic rings. The van der Waals surface area contributed by atoms with Crippen molar-refractivity contribution in [2.75, 3.05) is 32.7 Å². The van der Waals surface area contributed by atoms with Crippen LogP contribution in [0, 0.1) is 11.8 Å². The minimum absolute atomic E-state index is 0. The lowest BCUT2D eigenvalue weighted by molar-refractivity contribution is -0.126. The Labute approximate surface area is 170 Å². The van der Waals surface area contributed by atoms with Crippen molar-refractivity contribution in [2.24, 2.45) is 16.2 Å². The fourth-order valence-electron chi connectivity index (χ4n) is 3.97. The molecule has 1 aromatic carbocycles. The minimum Gasteiger partial charge on any atom is -0.391 e. The van der Waals surface area contributed by atoms with Crippen LogP contribution in [0.1, 0.15) is 18.4 Å². The average Bonchev–Trinajstić information content (AvgIpc) is 3.21. The third kappa shape index (κ3) is 4.03. The van der Waals surface area contributed by atoms with Crippen molar-refractivity contribution < 1.29 is 18.3 Å². The van der Waals surface area contributed by atoms with E-state index in [9.17, 15) is 18.3 Å². The summed E-state index contributed by atoms with van der Waals surface area (Å²) >= 11 is 0. The number of amides is 1. The molecule has 1 aromatic rings. The molecule has 2 unspecified atom stereocenters.